The van der Waals surface area contributed by atoms with Gasteiger partial charge in [-0.1, -0.05) is 79.7 Å². The first-order chi connectivity index (χ1) is 9.15. The Morgan fingerprint density at radius 3 is 2.32 bits per heavy atom. The molecule has 1 unspecified atom stereocenters. The Morgan fingerprint density at radius 2 is 1.74 bits per heavy atom. The van der Waals surface area contributed by atoms with E-state index in [0.717, 1.165) is 0 Å². The normalized spacial score (nSPS) is 20.2. The third-order valence-corrected chi connectivity index (χ3v) is 6.33. The Labute approximate surface area is 127 Å². The van der Waals surface area contributed by atoms with E-state index in [0.29, 0.717) is 10.2 Å². The van der Waals surface area contributed by atoms with Gasteiger partial charge in [0.2, 0.25) is 0 Å². The zero-order valence-electron chi connectivity index (χ0n) is 12.4. The topological polar surface area (TPSA) is 0 Å². The van der Waals surface area contributed by atoms with Crippen molar-refractivity contribution in [1.82, 2.24) is 0 Å². The van der Waals surface area contributed by atoms with Crippen molar-refractivity contribution < 1.29 is 0 Å². The number of alkyl halides is 1. The molecule has 0 saturated heterocycles. The van der Waals surface area contributed by atoms with Crippen LogP contribution in [0.4, 0.5) is 0 Å². The molecule has 0 spiro atoms. The highest BCUT2D eigenvalue weighted by atomic mass is 79.9. The van der Waals surface area contributed by atoms with E-state index >= 15 is 0 Å². The first-order valence-corrected chi connectivity index (χ1v) is 8.80. The summed E-state index contributed by atoms with van der Waals surface area (Å²) in [6.45, 7) is 4.71. The highest BCUT2D eigenvalue weighted by Crippen LogP contribution is 2.50. The van der Waals surface area contributed by atoms with Crippen molar-refractivity contribution in [1.29, 1.82) is 0 Å². The van der Waals surface area contributed by atoms with Crippen LogP contribution in [0.2, 0.25) is 0 Å². The second-order valence-electron chi connectivity index (χ2n) is 6.42. The van der Waals surface area contributed by atoms with Crippen molar-refractivity contribution >= 4 is 15.9 Å². The molecule has 1 aliphatic rings. The molecule has 0 heterocycles. The quantitative estimate of drug-likeness (QED) is 0.547. The van der Waals surface area contributed by atoms with Gasteiger partial charge in [-0.05, 0) is 42.2 Å². The molecular weight excluding hydrogens is 296 g/mol. The lowest BCUT2D eigenvalue weighted by Gasteiger charge is -2.38. The Bertz CT molecular complexity index is 373. The Morgan fingerprint density at radius 1 is 1.11 bits per heavy atom. The monoisotopic (exact) mass is 322 g/mol. The van der Waals surface area contributed by atoms with Gasteiger partial charge in [-0.2, -0.15) is 0 Å². The van der Waals surface area contributed by atoms with Crippen molar-refractivity contribution in [2.75, 3.05) is 0 Å². The first-order valence-electron chi connectivity index (χ1n) is 7.88. The highest BCUT2D eigenvalue weighted by molar-refractivity contribution is 9.09. The van der Waals surface area contributed by atoms with Gasteiger partial charge in [-0.3, -0.25) is 0 Å². The summed E-state index contributed by atoms with van der Waals surface area (Å²) >= 11 is 3.98. The SMILES string of the molecule is CCCCc1ccc(C(Br)C2(C)CCCCC2)cc1. The molecule has 0 aliphatic heterocycles. The van der Waals surface area contributed by atoms with Gasteiger partial charge in [0.1, 0.15) is 0 Å². The third kappa shape index (κ3) is 3.84. The number of hydrogen-bond acceptors (Lipinski definition) is 0. The van der Waals surface area contributed by atoms with Crippen LogP contribution in [0.15, 0.2) is 24.3 Å². The highest BCUT2D eigenvalue weighted by Gasteiger charge is 2.34. The lowest BCUT2D eigenvalue weighted by Crippen LogP contribution is -2.25. The van der Waals surface area contributed by atoms with Crippen molar-refractivity contribution in [3.05, 3.63) is 35.4 Å². The fourth-order valence-corrected chi connectivity index (χ4v) is 4.01. The van der Waals surface area contributed by atoms with Crippen LogP contribution < -0.4 is 0 Å². The molecule has 1 fully saturated rings. The van der Waals surface area contributed by atoms with Gasteiger partial charge in [0, 0.05) is 4.83 Å². The van der Waals surface area contributed by atoms with E-state index in [4.69, 9.17) is 0 Å². The fraction of sp³-hybridized carbons (Fsp3) is 0.667. The number of unbranched alkanes of at least 4 members (excludes halogenated alkanes) is 1. The summed E-state index contributed by atoms with van der Waals surface area (Å²) in [5, 5.41) is 0. The van der Waals surface area contributed by atoms with E-state index in [2.05, 4.69) is 54.0 Å². The average Bonchev–Trinajstić information content (AvgIpc) is 2.46. The molecule has 19 heavy (non-hydrogen) atoms. The Balaban J connectivity index is 2.04. The van der Waals surface area contributed by atoms with Crippen molar-refractivity contribution in [3.63, 3.8) is 0 Å². The van der Waals surface area contributed by atoms with Crippen LogP contribution in [0, 0.1) is 5.41 Å². The van der Waals surface area contributed by atoms with Gasteiger partial charge in [0.15, 0.2) is 0 Å². The minimum absolute atomic E-state index is 0.448. The zero-order chi connectivity index (χ0) is 13.7. The van der Waals surface area contributed by atoms with Crippen LogP contribution in [-0.2, 0) is 6.42 Å². The summed E-state index contributed by atoms with van der Waals surface area (Å²) in [5.41, 5.74) is 3.40. The molecule has 2 rings (SSSR count). The van der Waals surface area contributed by atoms with E-state index in [-0.39, 0.29) is 0 Å². The molecule has 0 amide bonds. The lowest BCUT2D eigenvalue weighted by molar-refractivity contribution is 0.213. The van der Waals surface area contributed by atoms with Crippen molar-refractivity contribution in [2.45, 2.75) is 70.0 Å². The lowest BCUT2D eigenvalue weighted by atomic mass is 9.72. The summed E-state index contributed by atoms with van der Waals surface area (Å²) in [6.07, 6.45) is 10.7. The predicted molar refractivity (Wildman–Crippen MR) is 87.9 cm³/mol. The first kappa shape index (κ1) is 15.1. The second kappa shape index (κ2) is 6.92. The molecule has 0 nitrogen and oxygen atoms in total. The van der Waals surface area contributed by atoms with Crippen LogP contribution in [0.25, 0.3) is 0 Å². The number of benzene rings is 1. The molecule has 1 heteroatoms. The number of halogens is 1. The van der Waals surface area contributed by atoms with E-state index in [9.17, 15) is 0 Å². The summed E-state index contributed by atoms with van der Waals surface area (Å²) in [4.78, 5) is 0.514. The van der Waals surface area contributed by atoms with Crippen LogP contribution in [0.5, 0.6) is 0 Å². The Kier molecular flexibility index (Phi) is 5.50. The molecule has 1 atom stereocenters. The van der Waals surface area contributed by atoms with Gasteiger partial charge in [0.05, 0.1) is 0 Å². The zero-order valence-corrected chi connectivity index (χ0v) is 14.0. The van der Waals surface area contributed by atoms with Crippen LogP contribution in [0.1, 0.15) is 74.7 Å². The standard InChI is InChI=1S/C18H27Br/c1-3-4-8-15-9-11-16(12-10-15)17(19)18(2)13-6-5-7-14-18/h9-12,17H,3-8,13-14H2,1-2H3. The molecule has 0 bridgehead atoms. The maximum Gasteiger partial charge on any atom is 0.0448 e. The van der Waals surface area contributed by atoms with E-state index in [1.165, 1.54) is 62.5 Å². The molecule has 1 saturated carbocycles. The van der Waals surface area contributed by atoms with Gasteiger partial charge in [0.25, 0.3) is 0 Å². The maximum absolute atomic E-state index is 3.98. The number of rotatable bonds is 5. The van der Waals surface area contributed by atoms with Gasteiger partial charge in [-0.25, -0.2) is 0 Å². The molecule has 1 aromatic carbocycles. The van der Waals surface area contributed by atoms with Gasteiger partial charge in [-0.15, -0.1) is 0 Å². The van der Waals surface area contributed by atoms with E-state index < -0.39 is 0 Å². The second-order valence-corrected chi connectivity index (χ2v) is 7.34. The molecule has 106 valence electrons. The largest absolute Gasteiger partial charge is 0.0833 e. The molecular formula is C18H27Br. The molecule has 0 N–H and O–H groups in total. The summed E-state index contributed by atoms with van der Waals surface area (Å²) in [6, 6.07) is 9.32. The minimum Gasteiger partial charge on any atom is -0.0833 e. The average molecular weight is 323 g/mol. The maximum atomic E-state index is 3.98. The number of aryl methyl sites for hydroxylation is 1. The smallest absolute Gasteiger partial charge is 0.0448 e. The molecule has 0 aromatic heterocycles. The van der Waals surface area contributed by atoms with Crippen molar-refractivity contribution in [2.24, 2.45) is 5.41 Å². The fourth-order valence-electron chi connectivity index (χ4n) is 3.25. The minimum atomic E-state index is 0.448. The predicted octanol–water partition coefficient (Wildman–Crippen LogP) is 6.44. The van der Waals surface area contributed by atoms with Gasteiger partial charge < -0.3 is 0 Å². The molecule has 1 aromatic rings. The molecule has 0 radical (unpaired) electrons. The summed E-state index contributed by atoms with van der Waals surface area (Å²) < 4.78 is 0. The van der Waals surface area contributed by atoms with Crippen molar-refractivity contribution in [3.8, 4) is 0 Å². The summed E-state index contributed by atoms with van der Waals surface area (Å²) in [7, 11) is 0. The van der Waals surface area contributed by atoms with Crippen LogP contribution >= 0.6 is 15.9 Å². The third-order valence-electron chi connectivity index (χ3n) is 4.70. The Hall–Kier alpha value is -0.300. The summed E-state index contributed by atoms with van der Waals surface area (Å²) in [5.74, 6) is 0. The van der Waals surface area contributed by atoms with Gasteiger partial charge >= 0.3 is 0 Å². The molecule has 1 aliphatic carbocycles. The van der Waals surface area contributed by atoms with E-state index in [1.807, 2.05) is 0 Å². The van der Waals surface area contributed by atoms with E-state index in [1.54, 1.807) is 0 Å². The van der Waals surface area contributed by atoms with Crippen LogP contribution in [0.3, 0.4) is 0 Å². The van der Waals surface area contributed by atoms with Crippen LogP contribution in [-0.4, -0.2) is 0 Å². The number of hydrogen-bond donors (Lipinski definition) is 0.